The summed E-state index contributed by atoms with van der Waals surface area (Å²) in [4.78, 5) is 0. The van der Waals surface area contributed by atoms with Crippen molar-refractivity contribution < 1.29 is 9.47 Å². The molecule has 1 N–H and O–H groups in total. The molecule has 2 rings (SSSR count). The van der Waals surface area contributed by atoms with Crippen molar-refractivity contribution in [1.29, 1.82) is 0 Å². The van der Waals surface area contributed by atoms with Gasteiger partial charge in [0.15, 0.2) is 0 Å². The van der Waals surface area contributed by atoms with Gasteiger partial charge < -0.3 is 14.8 Å². The summed E-state index contributed by atoms with van der Waals surface area (Å²) in [5.41, 5.74) is 2.29. The molecule has 1 unspecified atom stereocenters. The summed E-state index contributed by atoms with van der Waals surface area (Å²) in [7, 11) is 0. The number of aryl methyl sites for hydroxylation is 1. The maximum absolute atomic E-state index is 5.82. The molecule has 0 aromatic heterocycles. The number of anilines is 1. The van der Waals surface area contributed by atoms with E-state index in [9.17, 15) is 0 Å². The number of nitrogens with one attached hydrogen (secondary N) is 1. The van der Waals surface area contributed by atoms with Crippen LogP contribution in [0.25, 0.3) is 0 Å². The lowest BCUT2D eigenvalue weighted by Gasteiger charge is -2.14. The highest BCUT2D eigenvalue weighted by molar-refractivity contribution is 5.48. The van der Waals surface area contributed by atoms with E-state index < -0.39 is 0 Å². The van der Waals surface area contributed by atoms with Gasteiger partial charge in [0, 0.05) is 18.3 Å². The first-order chi connectivity index (χ1) is 10.7. The predicted octanol–water partition coefficient (Wildman–Crippen LogP) is 4.66. The van der Waals surface area contributed by atoms with Crippen LogP contribution in [0, 0.1) is 6.92 Å². The van der Waals surface area contributed by atoms with Crippen LogP contribution >= 0.6 is 0 Å². The van der Waals surface area contributed by atoms with E-state index in [4.69, 9.17) is 9.47 Å². The predicted molar refractivity (Wildman–Crippen MR) is 92.0 cm³/mol. The molecule has 0 spiro atoms. The molecule has 0 saturated heterocycles. The highest BCUT2D eigenvalue weighted by Gasteiger charge is 2.02. The number of ether oxygens (including phenoxy) is 2. The Balaban J connectivity index is 1.76. The fourth-order valence-corrected chi connectivity index (χ4v) is 1.99. The van der Waals surface area contributed by atoms with Gasteiger partial charge in [-0.2, -0.15) is 0 Å². The monoisotopic (exact) mass is 299 g/mol. The molecular formula is C19H25NO2. The Bertz CT molecular complexity index is 566. The van der Waals surface area contributed by atoms with Crippen LogP contribution in [0.1, 0.15) is 25.8 Å². The molecule has 118 valence electrons. The molecule has 0 bridgehead atoms. The fraction of sp³-hybridized carbons (Fsp3) is 0.368. The van der Waals surface area contributed by atoms with Crippen LogP contribution in [-0.4, -0.2) is 19.3 Å². The van der Waals surface area contributed by atoms with Crippen molar-refractivity contribution in [2.45, 2.75) is 33.3 Å². The lowest BCUT2D eigenvalue weighted by atomic mass is 10.2. The molecule has 0 aliphatic carbocycles. The topological polar surface area (TPSA) is 30.5 Å². The zero-order chi connectivity index (χ0) is 15.8. The van der Waals surface area contributed by atoms with Crippen LogP contribution < -0.4 is 14.8 Å². The average Bonchev–Trinajstić information content (AvgIpc) is 2.53. The zero-order valence-electron chi connectivity index (χ0n) is 13.6. The number of hydrogen-bond donors (Lipinski definition) is 1. The summed E-state index contributed by atoms with van der Waals surface area (Å²) in [6, 6.07) is 16.2. The largest absolute Gasteiger partial charge is 0.492 e. The molecule has 3 heteroatoms. The second-order valence-corrected chi connectivity index (χ2v) is 5.45. The van der Waals surface area contributed by atoms with Crippen molar-refractivity contribution in [3.63, 3.8) is 0 Å². The van der Waals surface area contributed by atoms with Gasteiger partial charge in [-0.25, -0.2) is 0 Å². The van der Waals surface area contributed by atoms with E-state index in [0.29, 0.717) is 6.61 Å². The molecule has 0 aliphatic heterocycles. The highest BCUT2D eigenvalue weighted by Crippen LogP contribution is 2.19. The molecule has 2 aromatic carbocycles. The molecule has 0 radical (unpaired) electrons. The van der Waals surface area contributed by atoms with E-state index in [1.807, 2.05) is 36.4 Å². The summed E-state index contributed by atoms with van der Waals surface area (Å²) < 4.78 is 11.5. The van der Waals surface area contributed by atoms with Crippen LogP contribution in [0.15, 0.2) is 48.5 Å². The van der Waals surface area contributed by atoms with Crippen molar-refractivity contribution in [3.05, 3.63) is 54.1 Å². The molecule has 0 saturated carbocycles. The van der Waals surface area contributed by atoms with Crippen molar-refractivity contribution in [1.82, 2.24) is 0 Å². The number of benzene rings is 2. The van der Waals surface area contributed by atoms with Gasteiger partial charge in [-0.15, -0.1) is 0 Å². The van der Waals surface area contributed by atoms with Crippen molar-refractivity contribution in [3.8, 4) is 11.5 Å². The Kier molecular flexibility index (Phi) is 6.13. The molecule has 0 aliphatic rings. The standard InChI is InChI=1S/C19H25NO2/c1-4-16(3)22-19-7-5-6-17(14-19)20-12-13-21-18-10-8-15(2)9-11-18/h5-11,14,16,20H,4,12-13H2,1-3H3. The van der Waals surface area contributed by atoms with Crippen LogP contribution in [0.2, 0.25) is 0 Å². The van der Waals surface area contributed by atoms with Gasteiger partial charge >= 0.3 is 0 Å². The second-order valence-electron chi connectivity index (χ2n) is 5.45. The second kappa shape index (κ2) is 8.32. The summed E-state index contributed by atoms with van der Waals surface area (Å²) in [5, 5.41) is 3.35. The Morgan fingerprint density at radius 1 is 1.05 bits per heavy atom. The van der Waals surface area contributed by atoms with Crippen LogP contribution in [0.4, 0.5) is 5.69 Å². The van der Waals surface area contributed by atoms with Gasteiger partial charge in [0.2, 0.25) is 0 Å². The van der Waals surface area contributed by atoms with Crippen molar-refractivity contribution in [2.24, 2.45) is 0 Å². The SMILES string of the molecule is CCC(C)Oc1cccc(NCCOc2ccc(C)cc2)c1. The van der Waals surface area contributed by atoms with Gasteiger partial charge in [0.1, 0.15) is 18.1 Å². The Morgan fingerprint density at radius 2 is 1.82 bits per heavy atom. The zero-order valence-corrected chi connectivity index (χ0v) is 13.6. The Hall–Kier alpha value is -2.16. The Morgan fingerprint density at radius 3 is 2.55 bits per heavy atom. The van der Waals surface area contributed by atoms with Crippen LogP contribution in [0.3, 0.4) is 0 Å². The normalized spacial score (nSPS) is 11.8. The molecular weight excluding hydrogens is 274 g/mol. The third-order valence-corrected chi connectivity index (χ3v) is 3.47. The average molecular weight is 299 g/mol. The molecule has 3 nitrogen and oxygen atoms in total. The van der Waals surface area contributed by atoms with Gasteiger partial charge in [-0.1, -0.05) is 30.7 Å². The third kappa shape index (κ3) is 5.32. The summed E-state index contributed by atoms with van der Waals surface area (Å²) in [6.45, 7) is 7.64. The first-order valence-corrected chi connectivity index (χ1v) is 7.87. The molecule has 0 fully saturated rings. The lowest BCUT2D eigenvalue weighted by Crippen LogP contribution is -2.12. The van der Waals surface area contributed by atoms with E-state index in [-0.39, 0.29) is 6.10 Å². The Labute approximate surface area is 133 Å². The summed E-state index contributed by atoms with van der Waals surface area (Å²) >= 11 is 0. The first kappa shape index (κ1) is 16.2. The van der Waals surface area contributed by atoms with Gasteiger partial charge in [-0.3, -0.25) is 0 Å². The first-order valence-electron chi connectivity index (χ1n) is 7.87. The minimum atomic E-state index is 0.236. The van der Waals surface area contributed by atoms with Crippen molar-refractivity contribution >= 4 is 5.69 Å². The lowest BCUT2D eigenvalue weighted by molar-refractivity contribution is 0.217. The molecule has 0 amide bonds. The van der Waals surface area contributed by atoms with E-state index in [1.54, 1.807) is 0 Å². The number of rotatable bonds is 8. The van der Waals surface area contributed by atoms with E-state index in [0.717, 1.165) is 30.2 Å². The van der Waals surface area contributed by atoms with Crippen LogP contribution in [-0.2, 0) is 0 Å². The maximum Gasteiger partial charge on any atom is 0.121 e. The van der Waals surface area contributed by atoms with Crippen LogP contribution in [0.5, 0.6) is 11.5 Å². The minimum absolute atomic E-state index is 0.236. The minimum Gasteiger partial charge on any atom is -0.492 e. The van der Waals surface area contributed by atoms with E-state index in [2.05, 4.69) is 38.2 Å². The van der Waals surface area contributed by atoms with Gasteiger partial charge in [0.25, 0.3) is 0 Å². The molecule has 2 aromatic rings. The van der Waals surface area contributed by atoms with Gasteiger partial charge in [0.05, 0.1) is 6.10 Å². The fourth-order valence-electron chi connectivity index (χ4n) is 1.99. The maximum atomic E-state index is 5.82. The molecule has 22 heavy (non-hydrogen) atoms. The summed E-state index contributed by atoms with van der Waals surface area (Å²) in [6.07, 6.45) is 1.24. The van der Waals surface area contributed by atoms with E-state index >= 15 is 0 Å². The molecule has 0 heterocycles. The highest BCUT2D eigenvalue weighted by atomic mass is 16.5. The quantitative estimate of drug-likeness (QED) is 0.719. The number of hydrogen-bond acceptors (Lipinski definition) is 3. The van der Waals surface area contributed by atoms with Crippen molar-refractivity contribution in [2.75, 3.05) is 18.5 Å². The smallest absolute Gasteiger partial charge is 0.121 e. The third-order valence-electron chi connectivity index (χ3n) is 3.47. The molecule has 1 atom stereocenters. The van der Waals surface area contributed by atoms with Gasteiger partial charge in [-0.05, 0) is 44.5 Å². The summed E-state index contributed by atoms with van der Waals surface area (Å²) in [5.74, 6) is 1.81. The van der Waals surface area contributed by atoms with E-state index in [1.165, 1.54) is 5.56 Å².